The number of alkyl carbamates (subject to hydrolysis) is 1. The molecule has 0 fully saturated rings. The average Bonchev–Trinajstić information content (AvgIpc) is 2.78. The van der Waals surface area contributed by atoms with Crippen molar-refractivity contribution in [1.29, 1.82) is 0 Å². The number of carbonyl (C=O) groups excluding carboxylic acids is 2. The molecule has 1 heterocycles. The molecule has 0 saturated carbocycles. The standard InChI is InChI=1S/C25H25NO6/c1-15-12-20(22-18-10-6-7-11-19(18)24(28)32-21(22)13-15)31-23(27)16(2)26-25(29)30-14-17-8-4-3-5-9-17/h3-5,8-9,12-13,16H,6-7,10-11,14H2,1-2H3,(H,26,29). The lowest BCUT2D eigenvalue weighted by Crippen LogP contribution is -2.41. The number of amides is 1. The largest absolute Gasteiger partial charge is 0.445 e. The summed E-state index contributed by atoms with van der Waals surface area (Å²) >= 11 is 0. The van der Waals surface area contributed by atoms with Gasteiger partial charge in [-0.15, -0.1) is 0 Å². The molecule has 1 amide bonds. The molecule has 1 N–H and O–H groups in total. The molecule has 1 aliphatic rings. The van der Waals surface area contributed by atoms with Crippen molar-refractivity contribution < 1.29 is 23.5 Å². The van der Waals surface area contributed by atoms with Crippen molar-refractivity contribution in [3.8, 4) is 5.75 Å². The Morgan fingerprint density at radius 1 is 1.09 bits per heavy atom. The second-order valence-electron chi connectivity index (χ2n) is 8.04. The molecule has 0 radical (unpaired) electrons. The summed E-state index contributed by atoms with van der Waals surface area (Å²) in [6.07, 6.45) is 2.55. The third kappa shape index (κ3) is 4.66. The van der Waals surface area contributed by atoms with Gasteiger partial charge < -0.3 is 19.2 Å². The van der Waals surface area contributed by atoms with Gasteiger partial charge in [-0.2, -0.15) is 0 Å². The monoisotopic (exact) mass is 435 g/mol. The van der Waals surface area contributed by atoms with Crippen molar-refractivity contribution in [3.63, 3.8) is 0 Å². The Morgan fingerprint density at radius 2 is 1.81 bits per heavy atom. The number of hydrogen-bond acceptors (Lipinski definition) is 6. The van der Waals surface area contributed by atoms with Crippen LogP contribution in [0.25, 0.3) is 11.0 Å². The Kier molecular flexibility index (Phi) is 6.25. The van der Waals surface area contributed by atoms with Gasteiger partial charge in [0.25, 0.3) is 0 Å². The summed E-state index contributed by atoms with van der Waals surface area (Å²) in [7, 11) is 0. The van der Waals surface area contributed by atoms with E-state index in [1.54, 1.807) is 12.1 Å². The Hall–Kier alpha value is -3.61. The molecule has 0 aliphatic heterocycles. The molecule has 7 nitrogen and oxygen atoms in total. The van der Waals surface area contributed by atoms with Crippen molar-refractivity contribution >= 4 is 23.0 Å². The number of carbonyl (C=O) groups is 2. The Morgan fingerprint density at radius 3 is 2.56 bits per heavy atom. The third-order valence-corrected chi connectivity index (χ3v) is 5.54. The molecular formula is C25H25NO6. The molecule has 1 aromatic heterocycles. The van der Waals surface area contributed by atoms with Crippen molar-refractivity contribution in [1.82, 2.24) is 5.32 Å². The molecule has 7 heteroatoms. The normalized spacial score (nSPS) is 13.8. The van der Waals surface area contributed by atoms with Crippen LogP contribution < -0.4 is 15.7 Å². The molecule has 4 rings (SSSR count). The van der Waals surface area contributed by atoms with E-state index in [0.29, 0.717) is 28.7 Å². The summed E-state index contributed by atoms with van der Waals surface area (Å²) < 4.78 is 16.4. The van der Waals surface area contributed by atoms with Crippen LogP contribution in [-0.4, -0.2) is 18.1 Å². The first kappa shape index (κ1) is 21.6. The lowest BCUT2D eigenvalue weighted by atomic mass is 9.90. The van der Waals surface area contributed by atoms with Crippen LogP contribution in [0.5, 0.6) is 5.75 Å². The van der Waals surface area contributed by atoms with Crippen LogP contribution in [0.3, 0.4) is 0 Å². The predicted molar refractivity (Wildman–Crippen MR) is 119 cm³/mol. The quantitative estimate of drug-likeness (QED) is 0.367. The maximum absolute atomic E-state index is 12.7. The summed E-state index contributed by atoms with van der Waals surface area (Å²) in [5, 5.41) is 3.15. The molecule has 0 bridgehead atoms. The number of ether oxygens (including phenoxy) is 2. The van der Waals surface area contributed by atoms with E-state index < -0.39 is 18.1 Å². The number of nitrogens with one attached hydrogen (secondary N) is 1. The van der Waals surface area contributed by atoms with Gasteiger partial charge in [0.15, 0.2) is 0 Å². The topological polar surface area (TPSA) is 94.8 Å². The van der Waals surface area contributed by atoms with Crippen LogP contribution in [0.4, 0.5) is 4.79 Å². The maximum Gasteiger partial charge on any atom is 0.408 e. The highest BCUT2D eigenvalue weighted by molar-refractivity contribution is 5.92. The molecule has 1 atom stereocenters. The maximum atomic E-state index is 12.7. The fourth-order valence-electron chi connectivity index (χ4n) is 3.94. The summed E-state index contributed by atoms with van der Waals surface area (Å²) in [6, 6.07) is 11.8. The van der Waals surface area contributed by atoms with Crippen LogP contribution >= 0.6 is 0 Å². The van der Waals surface area contributed by atoms with Gasteiger partial charge in [-0.1, -0.05) is 30.3 Å². The highest BCUT2D eigenvalue weighted by Crippen LogP contribution is 2.34. The van der Waals surface area contributed by atoms with Gasteiger partial charge in [0.2, 0.25) is 0 Å². The van der Waals surface area contributed by atoms with Gasteiger partial charge in [0, 0.05) is 5.56 Å². The van der Waals surface area contributed by atoms with E-state index >= 15 is 0 Å². The molecule has 0 saturated heterocycles. The van der Waals surface area contributed by atoms with E-state index in [9.17, 15) is 14.4 Å². The van der Waals surface area contributed by atoms with Crippen LogP contribution in [0.1, 0.15) is 42.0 Å². The average molecular weight is 435 g/mol. The number of rotatable bonds is 5. The van der Waals surface area contributed by atoms with E-state index in [-0.39, 0.29) is 12.2 Å². The van der Waals surface area contributed by atoms with Crippen molar-refractivity contribution in [3.05, 3.63) is 75.1 Å². The fraction of sp³-hybridized carbons (Fsp3) is 0.320. The zero-order chi connectivity index (χ0) is 22.7. The first-order valence-electron chi connectivity index (χ1n) is 10.7. The highest BCUT2D eigenvalue weighted by Gasteiger charge is 2.24. The van der Waals surface area contributed by atoms with E-state index in [1.807, 2.05) is 37.3 Å². The van der Waals surface area contributed by atoms with Gasteiger partial charge in [0.1, 0.15) is 24.0 Å². The summed E-state index contributed by atoms with van der Waals surface area (Å²) in [5.74, 6) is -0.303. The van der Waals surface area contributed by atoms with E-state index in [4.69, 9.17) is 13.9 Å². The molecule has 0 spiro atoms. The second-order valence-corrected chi connectivity index (χ2v) is 8.04. The van der Waals surface area contributed by atoms with Crippen LogP contribution in [0.15, 0.2) is 51.7 Å². The van der Waals surface area contributed by atoms with E-state index in [0.717, 1.165) is 36.0 Å². The molecule has 32 heavy (non-hydrogen) atoms. The lowest BCUT2D eigenvalue weighted by molar-refractivity contribution is -0.136. The van der Waals surface area contributed by atoms with Gasteiger partial charge in [0.05, 0.1) is 5.39 Å². The van der Waals surface area contributed by atoms with Crippen molar-refractivity contribution in [2.45, 2.75) is 52.2 Å². The number of benzene rings is 2. The minimum Gasteiger partial charge on any atom is -0.445 e. The smallest absolute Gasteiger partial charge is 0.408 e. The zero-order valence-corrected chi connectivity index (χ0v) is 18.1. The molecule has 2 aromatic carbocycles. The van der Waals surface area contributed by atoms with Crippen LogP contribution in [0.2, 0.25) is 0 Å². The van der Waals surface area contributed by atoms with Crippen LogP contribution in [0, 0.1) is 6.92 Å². The summed E-state index contributed by atoms with van der Waals surface area (Å²) in [5.41, 5.74) is 3.25. The van der Waals surface area contributed by atoms with Crippen molar-refractivity contribution in [2.24, 2.45) is 0 Å². The van der Waals surface area contributed by atoms with E-state index in [1.165, 1.54) is 6.92 Å². The predicted octanol–water partition coefficient (Wildman–Crippen LogP) is 4.20. The molecule has 1 aliphatic carbocycles. The Balaban J connectivity index is 1.50. The lowest BCUT2D eigenvalue weighted by Gasteiger charge is -2.19. The third-order valence-electron chi connectivity index (χ3n) is 5.54. The number of fused-ring (bicyclic) bond motifs is 3. The second kappa shape index (κ2) is 9.26. The SMILES string of the molecule is Cc1cc(OC(=O)C(C)NC(=O)OCc2ccccc2)c2c3c(c(=O)oc2c1)CCCC3. The van der Waals surface area contributed by atoms with E-state index in [2.05, 4.69) is 5.32 Å². The summed E-state index contributed by atoms with van der Waals surface area (Å²) in [6.45, 7) is 3.46. The first-order valence-corrected chi connectivity index (χ1v) is 10.7. The van der Waals surface area contributed by atoms with Crippen molar-refractivity contribution in [2.75, 3.05) is 0 Å². The molecular weight excluding hydrogens is 410 g/mol. The molecule has 3 aromatic rings. The number of aryl methyl sites for hydroxylation is 2. The number of hydrogen-bond donors (Lipinski definition) is 1. The first-order chi connectivity index (χ1) is 15.4. The summed E-state index contributed by atoms with van der Waals surface area (Å²) in [4.78, 5) is 37.2. The Bertz CT molecular complexity index is 1210. The minimum absolute atomic E-state index is 0.0993. The fourth-order valence-corrected chi connectivity index (χ4v) is 3.94. The van der Waals surface area contributed by atoms with Crippen LogP contribution in [-0.2, 0) is 29.0 Å². The zero-order valence-electron chi connectivity index (χ0n) is 18.1. The highest BCUT2D eigenvalue weighted by atomic mass is 16.6. The van der Waals surface area contributed by atoms with Gasteiger partial charge in [-0.25, -0.2) is 14.4 Å². The van der Waals surface area contributed by atoms with Gasteiger partial charge in [-0.3, -0.25) is 0 Å². The van der Waals surface area contributed by atoms with Gasteiger partial charge in [-0.05, 0) is 68.4 Å². The molecule has 1 unspecified atom stereocenters. The minimum atomic E-state index is -0.930. The van der Waals surface area contributed by atoms with Gasteiger partial charge >= 0.3 is 17.7 Å². The Labute approximate surface area is 185 Å². The number of esters is 1. The molecule has 166 valence electrons.